The fraction of sp³-hybridized carbons (Fsp3) is 0.562. The zero-order valence-corrected chi connectivity index (χ0v) is 15.2. The van der Waals surface area contributed by atoms with Crippen molar-refractivity contribution in [1.29, 1.82) is 0 Å². The van der Waals surface area contributed by atoms with Gasteiger partial charge < -0.3 is 10.6 Å². The average molecular weight is 362 g/mol. The summed E-state index contributed by atoms with van der Waals surface area (Å²) in [5, 5.41) is 22.0. The summed E-state index contributed by atoms with van der Waals surface area (Å²) in [6.07, 6.45) is 4.96. The minimum absolute atomic E-state index is 0.0430. The van der Waals surface area contributed by atoms with E-state index < -0.39 is 0 Å². The van der Waals surface area contributed by atoms with E-state index in [4.69, 9.17) is 0 Å². The largest absolute Gasteiger partial charge is 0.348 e. The van der Waals surface area contributed by atoms with Crippen LogP contribution in [-0.2, 0) is 16.0 Å². The number of hydrogen-bond acceptors (Lipinski definition) is 6. The van der Waals surface area contributed by atoms with E-state index in [0.29, 0.717) is 5.13 Å². The summed E-state index contributed by atoms with van der Waals surface area (Å²) in [6, 6.07) is -0.0430. The lowest BCUT2D eigenvalue weighted by molar-refractivity contribution is -0.125. The molecule has 0 saturated heterocycles. The predicted molar refractivity (Wildman–Crippen MR) is 94.3 cm³/mol. The summed E-state index contributed by atoms with van der Waals surface area (Å²) < 4.78 is 0. The van der Waals surface area contributed by atoms with Crippen LogP contribution in [0, 0.1) is 0 Å². The number of anilines is 1. The van der Waals surface area contributed by atoms with Gasteiger partial charge in [-0.3, -0.25) is 14.7 Å². The highest BCUT2D eigenvalue weighted by atomic mass is 32.1. The third-order valence-corrected chi connectivity index (χ3v) is 5.27. The number of rotatable bonds is 6. The van der Waals surface area contributed by atoms with Crippen LogP contribution in [0.5, 0.6) is 0 Å². The maximum absolute atomic E-state index is 12.1. The molecule has 0 bridgehead atoms. The lowest BCUT2D eigenvalue weighted by Crippen LogP contribution is -2.31. The van der Waals surface area contributed by atoms with Crippen LogP contribution >= 0.6 is 11.3 Å². The van der Waals surface area contributed by atoms with Crippen molar-refractivity contribution in [2.24, 2.45) is 0 Å². The summed E-state index contributed by atoms with van der Waals surface area (Å²) in [6.45, 7) is 4.04. The van der Waals surface area contributed by atoms with Crippen molar-refractivity contribution in [2.75, 3.05) is 5.32 Å². The van der Waals surface area contributed by atoms with Gasteiger partial charge in [-0.1, -0.05) is 25.2 Å². The Bertz CT molecular complexity index is 753. The highest BCUT2D eigenvalue weighted by Crippen LogP contribution is 2.27. The molecule has 3 rings (SSSR count). The van der Waals surface area contributed by atoms with E-state index in [9.17, 15) is 9.59 Å². The molecule has 0 aliphatic heterocycles. The number of aromatic amines is 1. The van der Waals surface area contributed by atoms with Crippen molar-refractivity contribution in [1.82, 2.24) is 25.7 Å². The molecule has 25 heavy (non-hydrogen) atoms. The van der Waals surface area contributed by atoms with Crippen LogP contribution in [-0.4, -0.2) is 32.2 Å². The Kier molecular flexibility index (Phi) is 5.42. The van der Waals surface area contributed by atoms with Gasteiger partial charge in [0.2, 0.25) is 16.9 Å². The second-order valence-corrected chi connectivity index (χ2v) is 7.48. The number of H-pyrrole nitrogens is 1. The fourth-order valence-electron chi connectivity index (χ4n) is 2.80. The van der Waals surface area contributed by atoms with E-state index in [1.165, 1.54) is 11.3 Å². The summed E-state index contributed by atoms with van der Waals surface area (Å²) >= 11 is 1.36. The van der Waals surface area contributed by atoms with Gasteiger partial charge >= 0.3 is 0 Å². The van der Waals surface area contributed by atoms with Crippen LogP contribution in [0.25, 0.3) is 0 Å². The lowest BCUT2D eigenvalue weighted by atomic mass is 9.93. The Morgan fingerprint density at radius 1 is 1.32 bits per heavy atom. The van der Waals surface area contributed by atoms with Gasteiger partial charge in [-0.25, -0.2) is 0 Å². The first-order chi connectivity index (χ1) is 12.0. The van der Waals surface area contributed by atoms with E-state index in [2.05, 4.69) is 31.0 Å². The number of aromatic nitrogens is 4. The lowest BCUT2D eigenvalue weighted by Gasteiger charge is -2.22. The summed E-state index contributed by atoms with van der Waals surface area (Å²) in [5.74, 6) is -0.0907. The molecular weight excluding hydrogens is 340 g/mol. The molecule has 0 saturated carbocycles. The van der Waals surface area contributed by atoms with Gasteiger partial charge in [-0.05, 0) is 24.8 Å². The van der Waals surface area contributed by atoms with Gasteiger partial charge in [-0.2, -0.15) is 5.10 Å². The number of aryl methyl sites for hydroxylation is 1. The van der Waals surface area contributed by atoms with Crippen LogP contribution in [0.15, 0.2) is 6.20 Å². The molecule has 0 radical (unpaired) electrons. The topological polar surface area (TPSA) is 113 Å². The van der Waals surface area contributed by atoms with Gasteiger partial charge in [0.1, 0.15) is 5.01 Å². The van der Waals surface area contributed by atoms with Gasteiger partial charge in [0.05, 0.1) is 17.9 Å². The molecular formula is C16H22N6O2S. The second-order valence-electron chi connectivity index (χ2n) is 6.47. The average Bonchev–Trinajstić information content (AvgIpc) is 3.22. The molecule has 1 aliphatic carbocycles. The molecule has 0 fully saturated rings. The first-order valence-electron chi connectivity index (χ1n) is 8.47. The van der Waals surface area contributed by atoms with Crippen molar-refractivity contribution in [3.8, 4) is 0 Å². The summed E-state index contributed by atoms with van der Waals surface area (Å²) in [4.78, 5) is 24.1. The molecule has 1 atom stereocenters. The Morgan fingerprint density at radius 3 is 2.88 bits per heavy atom. The first-order valence-corrected chi connectivity index (χ1v) is 9.29. The maximum atomic E-state index is 12.1. The minimum Gasteiger partial charge on any atom is -0.348 e. The molecule has 8 nitrogen and oxygen atoms in total. The van der Waals surface area contributed by atoms with Crippen LogP contribution < -0.4 is 10.6 Å². The Balaban J connectivity index is 1.45. The number of nitrogens with zero attached hydrogens (tertiary/aromatic N) is 3. The van der Waals surface area contributed by atoms with Crippen LogP contribution in [0.3, 0.4) is 0 Å². The van der Waals surface area contributed by atoms with Crippen molar-refractivity contribution in [3.63, 3.8) is 0 Å². The smallest absolute Gasteiger partial charge is 0.226 e. The molecule has 2 heterocycles. The van der Waals surface area contributed by atoms with Crippen LogP contribution in [0.4, 0.5) is 5.13 Å². The fourth-order valence-corrected chi connectivity index (χ4v) is 3.56. The molecule has 1 aliphatic rings. The quantitative estimate of drug-likeness (QED) is 0.730. The molecule has 2 amide bonds. The Hall–Kier alpha value is -2.29. The molecule has 9 heteroatoms. The number of hydrogen-bond donors (Lipinski definition) is 3. The molecule has 0 aromatic carbocycles. The molecule has 1 unspecified atom stereocenters. The van der Waals surface area contributed by atoms with Gasteiger partial charge in [-0.15, -0.1) is 10.2 Å². The standard InChI is InChI=1S/C16H22N6O2S/c1-9(2)15-21-22-16(25-15)19-13(24)7-6-12(23)18-11-5-3-4-10-8-17-20-14(10)11/h8-9,11H,3-7H2,1-2H3,(H,17,20)(H,18,23)(H,19,22,24). The molecule has 2 aromatic rings. The summed E-state index contributed by atoms with van der Waals surface area (Å²) in [5.41, 5.74) is 2.14. The van der Waals surface area contributed by atoms with E-state index >= 15 is 0 Å². The molecule has 0 spiro atoms. The number of amides is 2. The van der Waals surface area contributed by atoms with E-state index in [1.54, 1.807) is 0 Å². The third kappa shape index (κ3) is 4.41. The first kappa shape index (κ1) is 17.5. The van der Waals surface area contributed by atoms with Crippen molar-refractivity contribution >= 4 is 28.3 Å². The highest BCUT2D eigenvalue weighted by molar-refractivity contribution is 7.15. The van der Waals surface area contributed by atoms with E-state index in [1.807, 2.05) is 20.0 Å². The van der Waals surface area contributed by atoms with Crippen molar-refractivity contribution in [2.45, 2.75) is 57.9 Å². The normalized spacial score (nSPS) is 16.5. The maximum Gasteiger partial charge on any atom is 0.226 e. The zero-order valence-electron chi connectivity index (χ0n) is 14.3. The third-order valence-electron chi connectivity index (χ3n) is 4.13. The number of fused-ring (bicyclic) bond motifs is 1. The van der Waals surface area contributed by atoms with E-state index in [-0.39, 0.29) is 36.6 Å². The molecule has 134 valence electrons. The number of nitrogens with one attached hydrogen (secondary N) is 3. The van der Waals surface area contributed by atoms with Gasteiger partial charge in [0.25, 0.3) is 0 Å². The molecule has 3 N–H and O–H groups in total. The molecule has 2 aromatic heterocycles. The van der Waals surface area contributed by atoms with Crippen molar-refractivity contribution in [3.05, 3.63) is 22.5 Å². The number of carbonyl (C=O) groups excluding carboxylic acids is 2. The van der Waals surface area contributed by atoms with Gasteiger partial charge in [0, 0.05) is 18.8 Å². The van der Waals surface area contributed by atoms with Gasteiger partial charge in [0.15, 0.2) is 0 Å². The summed E-state index contributed by atoms with van der Waals surface area (Å²) in [7, 11) is 0. The van der Waals surface area contributed by atoms with Crippen LogP contribution in [0.2, 0.25) is 0 Å². The van der Waals surface area contributed by atoms with Crippen molar-refractivity contribution < 1.29 is 9.59 Å². The Morgan fingerprint density at radius 2 is 2.12 bits per heavy atom. The number of carbonyl (C=O) groups is 2. The second kappa shape index (κ2) is 7.73. The van der Waals surface area contributed by atoms with E-state index in [0.717, 1.165) is 35.5 Å². The Labute approximate surface area is 149 Å². The SMILES string of the molecule is CC(C)c1nnc(NC(=O)CCC(=O)NC2CCCc3cn[nH]c32)s1. The predicted octanol–water partition coefficient (Wildman–Crippen LogP) is 2.30. The monoisotopic (exact) mass is 362 g/mol. The highest BCUT2D eigenvalue weighted by Gasteiger charge is 2.23. The minimum atomic E-state index is -0.229. The van der Waals surface area contributed by atoms with Crippen LogP contribution in [0.1, 0.15) is 67.8 Å². The zero-order chi connectivity index (χ0) is 17.8.